The summed E-state index contributed by atoms with van der Waals surface area (Å²) in [6, 6.07) is 4.76. The van der Waals surface area contributed by atoms with Gasteiger partial charge in [0.2, 0.25) is 5.91 Å². The van der Waals surface area contributed by atoms with Crippen LogP contribution in [-0.4, -0.2) is 33.8 Å². The highest BCUT2D eigenvalue weighted by molar-refractivity contribution is 6.36. The van der Waals surface area contributed by atoms with Crippen molar-refractivity contribution in [3.05, 3.63) is 58.2 Å². The minimum absolute atomic E-state index is 0.106. The molecule has 0 bridgehead atoms. The first kappa shape index (κ1) is 25.4. The largest absolute Gasteiger partial charge is 0.482 e. The lowest BCUT2D eigenvalue weighted by Crippen LogP contribution is -2.29. The third-order valence-electron chi connectivity index (χ3n) is 6.03. The normalized spacial score (nSPS) is 15.3. The molecule has 4 rings (SSSR count). The van der Waals surface area contributed by atoms with Crippen LogP contribution >= 0.6 is 23.2 Å². The molecule has 1 fully saturated rings. The predicted octanol–water partition coefficient (Wildman–Crippen LogP) is 6.05. The number of carbonyl (C=O) groups is 1. The number of nitrogens with zero attached hydrogens (tertiary/aromatic N) is 3. The van der Waals surface area contributed by atoms with E-state index in [1.54, 1.807) is 39.2 Å². The van der Waals surface area contributed by atoms with Gasteiger partial charge in [-0.25, -0.2) is 9.37 Å². The number of halogens is 3. The maximum absolute atomic E-state index is 14.1. The van der Waals surface area contributed by atoms with Crippen molar-refractivity contribution in [3.8, 4) is 16.9 Å². The van der Waals surface area contributed by atoms with Gasteiger partial charge in [0.05, 0.1) is 17.3 Å². The standard InChI is InChI=1S/C25H28Cl2FN5O2/c1-14(2)25(34)32-24-21(35-15(3)22-19(26)4-5-20(28)23(22)27)10-16(11-30-24)17-12-31-33(13-17)18-6-8-29-9-7-18/h4-5,10-15,18,29H,6-9H2,1-3H3,(H,30,32,34)/t15-/m1/s1. The summed E-state index contributed by atoms with van der Waals surface area (Å²) in [5, 5.41) is 10.9. The molecule has 0 aliphatic carbocycles. The van der Waals surface area contributed by atoms with Gasteiger partial charge in [-0.2, -0.15) is 5.10 Å². The van der Waals surface area contributed by atoms with E-state index in [1.165, 1.54) is 12.1 Å². The highest BCUT2D eigenvalue weighted by Crippen LogP contribution is 2.38. The van der Waals surface area contributed by atoms with Crippen LogP contribution < -0.4 is 15.4 Å². The van der Waals surface area contributed by atoms with Gasteiger partial charge < -0.3 is 15.4 Å². The molecule has 1 aliphatic rings. The zero-order valence-electron chi connectivity index (χ0n) is 19.8. The van der Waals surface area contributed by atoms with Gasteiger partial charge in [0, 0.05) is 40.0 Å². The number of anilines is 1. The van der Waals surface area contributed by atoms with Crippen LogP contribution in [-0.2, 0) is 4.79 Å². The van der Waals surface area contributed by atoms with E-state index in [0.717, 1.165) is 37.1 Å². The molecule has 1 saturated heterocycles. The SMILES string of the molecule is CC(C)C(=O)Nc1ncc(-c2cnn(C3CCNCC3)c2)cc1O[C@H](C)c1c(Cl)ccc(F)c1Cl. The smallest absolute Gasteiger partial charge is 0.228 e. The summed E-state index contributed by atoms with van der Waals surface area (Å²) in [7, 11) is 0. The van der Waals surface area contributed by atoms with Crippen LogP contribution in [0.1, 0.15) is 51.3 Å². The van der Waals surface area contributed by atoms with Crippen molar-refractivity contribution in [3.63, 3.8) is 0 Å². The van der Waals surface area contributed by atoms with Gasteiger partial charge in [0.25, 0.3) is 0 Å². The molecule has 1 aromatic carbocycles. The second-order valence-corrected chi connectivity index (χ2v) is 9.71. The fraction of sp³-hybridized carbons (Fsp3) is 0.400. The van der Waals surface area contributed by atoms with Gasteiger partial charge in [-0.3, -0.25) is 9.48 Å². The number of aromatic nitrogens is 3. The number of amides is 1. The Hall–Kier alpha value is -2.68. The molecule has 0 saturated carbocycles. The molecular formula is C25H28Cl2FN5O2. The third-order valence-corrected chi connectivity index (χ3v) is 6.74. The second kappa shape index (κ2) is 10.9. The first-order valence-electron chi connectivity index (χ1n) is 11.6. The minimum Gasteiger partial charge on any atom is -0.482 e. The number of carbonyl (C=O) groups excluding carboxylic acids is 1. The Bertz CT molecular complexity index is 1210. The van der Waals surface area contributed by atoms with Crippen LogP contribution in [0.25, 0.3) is 11.1 Å². The average Bonchev–Trinajstić information content (AvgIpc) is 3.33. The Morgan fingerprint density at radius 1 is 1.20 bits per heavy atom. The molecule has 2 N–H and O–H groups in total. The maximum Gasteiger partial charge on any atom is 0.228 e. The third kappa shape index (κ3) is 5.77. The van der Waals surface area contributed by atoms with Gasteiger partial charge in [-0.1, -0.05) is 37.0 Å². The Balaban J connectivity index is 1.67. The zero-order valence-corrected chi connectivity index (χ0v) is 21.3. The average molecular weight is 520 g/mol. The summed E-state index contributed by atoms with van der Waals surface area (Å²) in [6.07, 6.45) is 6.77. The number of nitrogens with one attached hydrogen (secondary N) is 2. The highest BCUT2D eigenvalue weighted by Gasteiger charge is 2.22. The summed E-state index contributed by atoms with van der Waals surface area (Å²) in [4.78, 5) is 16.9. The van der Waals surface area contributed by atoms with Crippen LogP contribution in [0.4, 0.5) is 10.2 Å². The molecule has 3 heterocycles. The molecule has 186 valence electrons. The molecule has 1 aliphatic heterocycles. The summed E-state index contributed by atoms with van der Waals surface area (Å²) >= 11 is 12.5. The number of hydrogen-bond donors (Lipinski definition) is 2. The Kier molecular flexibility index (Phi) is 7.94. The minimum atomic E-state index is -0.713. The number of ether oxygens (including phenoxy) is 1. The number of hydrogen-bond acceptors (Lipinski definition) is 5. The van der Waals surface area contributed by atoms with Crippen LogP contribution in [0, 0.1) is 11.7 Å². The van der Waals surface area contributed by atoms with Crippen LogP contribution in [0.5, 0.6) is 5.75 Å². The Morgan fingerprint density at radius 3 is 2.66 bits per heavy atom. The van der Waals surface area contributed by atoms with Crippen molar-refractivity contribution in [2.24, 2.45) is 5.92 Å². The zero-order chi connectivity index (χ0) is 25.1. The van der Waals surface area contributed by atoms with Crippen LogP contribution in [0.2, 0.25) is 10.0 Å². The van der Waals surface area contributed by atoms with E-state index in [1.807, 2.05) is 10.9 Å². The lowest BCUT2D eigenvalue weighted by molar-refractivity contribution is -0.118. The van der Waals surface area contributed by atoms with E-state index in [0.29, 0.717) is 17.4 Å². The lowest BCUT2D eigenvalue weighted by Gasteiger charge is -2.22. The van der Waals surface area contributed by atoms with Gasteiger partial charge in [-0.05, 0) is 51.1 Å². The van der Waals surface area contributed by atoms with Gasteiger partial charge in [0.1, 0.15) is 11.9 Å². The van der Waals surface area contributed by atoms with E-state index < -0.39 is 11.9 Å². The van der Waals surface area contributed by atoms with Gasteiger partial charge in [0.15, 0.2) is 11.6 Å². The summed E-state index contributed by atoms with van der Waals surface area (Å²) in [5.41, 5.74) is 1.96. The first-order chi connectivity index (χ1) is 16.7. The highest BCUT2D eigenvalue weighted by atomic mass is 35.5. The molecule has 0 radical (unpaired) electrons. The summed E-state index contributed by atoms with van der Waals surface area (Å²) in [5.74, 6) is -0.476. The fourth-order valence-electron chi connectivity index (χ4n) is 3.97. The van der Waals surface area contributed by atoms with E-state index in [4.69, 9.17) is 27.9 Å². The molecule has 10 heteroatoms. The Labute approximate surface area is 214 Å². The Morgan fingerprint density at radius 2 is 1.94 bits per heavy atom. The number of rotatable bonds is 7. The van der Waals surface area contributed by atoms with Crippen molar-refractivity contribution in [2.75, 3.05) is 18.4 Å². The van der Waals surface area contributed by atoms with Crippen LogP contribution in [0.15, 0.2) is 36.8 Å². The molecule has 2 aromatic heterocycles. The maximum atomic E-state index is 14.1. The number of benzene rings is 1. The van der Waals surface area contributed by atoms with Crippen molar-refractivity contribution in [1.82, 2.24) is 20.1 Å². The van der Waals surface area contributed by atoms with Crippen molar-refractivity contribution >= 4 is 34.9 Å². The summed E-state index contributed by atoms with van der Waals surface area (Å²) in [6.45, 7) is 7.21. The molecule has 0 spiro atoms. The second-order valence-electron chi connectivity index (χ2n) is 8.92. The predicted molar refractivity (Wildman–Crippen MR) is 136 cm³/mol. The molecular weight excluding hydrogens is 492 g/mol. The molecule has 0 unspecified atom stereocenters. The fourth-order valence-corrected chi connectivity index (χ4v) is 4.65. The van der Waals surface area contributed by atoms with E-state index in [9.17, 15) is 9.18 Å². The first-order valence-corrected chi connectivity index (χ1v) is 12.4. The van der Waals surface area contributed by atoms with Crippen molar-refractivity contribution in [1.29, 1.82) is 0 Å². The molecule has 3 aromatic rings. The topological polar surface area (TPSA) is 81.1 Å². The molecule has 7 nitrogen and oxygen atoms in total. The van der Waals surface area contributed by atoms with Crippen molar-refractivity contribution < 1.29 is 13.9 Å². The van der Waals surface area contributed by atoms with E-state index in [2.05, 4.69) is 20.7 Å². The van der Waals surface area contributed by atoms with E-state index in [-0.39, 0.29) is 27.7 Å². The molecule has 1 atom stereocenters. The molecule has 1 amide bonds. The van der Waals surface area contributed by atoms with Gasteiger partial charge >= 0.3 is 0 Å². The number of piperidine rings is 1. The van der Waals surface area contributed by atoms with Crippen LogP contribution in [0.3, 0.4) is 0 Å². The summed E-state index contributed by atoms with van der Waals surface area (Å²) < 4.78 is 22.3. The lowest BCUT2D eigenvalue weighted by atomic mass is 10.1. The van der Waals surface area contributed by atoms with Gasteiger partial charge in [-0.15, -0.1) is 0 Å². The van der Waals surface area contributed by atoms with Crippen molar-refractivity contribution in [2.45, 2.75) is 45.8 Å². The van der Waals surface area contributed by atoms with E-state index >= 15 is 0 Å². The molecule has 35 heavy (non-hydrogen) atoms. The monoisotopic (exact) mass is 519 g/mol. The quantitative estimate of drug-likeness (QED) is 0.371. The number of pyridine rings is 1.